The Kier molecular flexibility index (Phi) is 5.92. The molecule has 1 saturated heterocycles. The first kappa shape index (κ1) is 25.4. The van der Waals surface area contributed by atoms with Gasteiger partial charge in [0.15, 0.2) is 11.6 Å². The quantitative estimate of drug-likeness (QED) is 0.172. The van der Waals surface area contributed by atoms with E-state index in [0.29, 0.717) is 11.1 Å². The van der Waals surface area contributed by atoms with E-state index >= 15 is 0 Å². The maximum Gasteiger partial charge on any atom is 0.271 e. The van der Waals surface area contributed by atoms with E-state index in [1.165, 1.54) is 42.5 Å². The average molecular weight is 610 g/mol. The molecule has 0 saturated carbocycles. The van der Waals surface area contributed by atoms with Crippen molar-refractivity contribution < 1.29 is 29.2 Å². The number of carbonyl (C=O) groups excluding carboxylic acids is 4. The van der Waals surface area contributed by atoms with E-state index < -0.39 is 40.4 Å². The highest BCUT2D eigenvalue weighted by Crippen LogP contribution is 2.56. The molecule has 39 heavy (non-hydrogen) atoms. The first-order valence-corrected chi connectivity index (χ1v) is 13.3. The van der Waals surface area contributed by atoms with E-state index in [1.54, 1.807) is 6.07 Å². The van der Waals surface area contributed by atoms with Crippen molar-refractivity contribution in [2.45, 2.75) is 18.8 Å². The van der Waals surface area contributed by atoms with Gasteiger partial charge in [0.05, 0.1) is 26.9 Å². The third-order valence-corrected chi connectivity index (χ3v) is 8.84. The number of carbonyl (C=O) groups is 4. The van der Waals surface area contributed by atoms with Gasteiger partial charge in [0.1, 0.15) is 5.75 Å². The molecule has 9 nitrogen and oxygen atoms in total. The number of aromatic hydroxyl groups is 1. The number of Topliss-reactive ketones (excluding diaryl/α,β-unsaturated/α-hetero) is 1. The molecule has 0 radical (unpaired) electrons. The van der Waals surface area contributed by atoms with Crippen molar-refractivity contribution in [1.29, 1.82) is 0 Å². The molecule has 1 N–H and O–H groups in total. The molecule has 1 heterocycles. The van der Waals surface area contributed by atoms with Crippen molar-refractivity contribution in [3.63, 3.8) is 0 Å². The normalized spacial score (nSPS) is 26.2. The van der Waals surface area contributed by atoms with Crippen LogP contribution >= 0.6 is 27.5 Å². The number of hydrogen-bond acceptors (Lipinski definition) is 7. The van der Waals surface area contributed by atoms with Crippen LogP contribution in [0, 0.1) is 27.9 Å². The topological polar surface area (TPSA) is 135 Å². The first-order chi connectivity index (χ1) is 18.6. The minimum absolute atomic E-state index is 0.0687. The number of amides is 2. The highest BCUT2D eigenvalue weighted by atomic mass is 79.9. The molecular formula is C28H18BrClN2O7. The molecule has 4 atom stereocenters. The lowest BCUT2D eigenvalue weighted by molar-refractivity contribution is -0.384. The largest absolute Gasteiger partial charge is 0.508 e. The van der Waals surface area contributed by atoms with Crippen LogP contribution in [-0.4, -0.2) is 33.4 Å². The molecular weight excluding hydrogens is 592 g/mol. The average Bonchev–Trinajstić information content (AvgIpc) is 3.16. The summed E-state index contributed by atoms with van der Waals surface area (Å²) in [6, 6.07) is 9.72. The zero-order valence-electron chi connectivity index (χ0n) is 20.0. The third-order valence-electron chi connectivity index (χ3n) is 7.92. The third kappa shape index (κ3) is 3.81. The fourth-order valence-corrected chi connectivity index (χ4v) is 7.04. The van der Waals surface area contributed by atoms with Crippen molar-refractivity contribution in [3.8, 4) is 5.75 Å². The summed E-state index contributed by atoms with van der Waals surface area (Å²) in [5.41, 5.74) is 1.58. The van der Waals surface area contributed by atoms with Gasteiger partial charge in [-0.3, -0.25) is 29.3 Å². The second-order valence-electron chi connectivity index (χ2n) is 9.89. The Morgan fingerprint density at radius 3 is 2.54 bits per heavy atom. The van der Waals surface area contributed by atoms with Crippen LogP contribution in [0.5, 0.6) is 5.75 Å². The SMILES string of the molecule is O=C1C=C(Br)C(=O)C2=C1C(c1ccc(O)cc1Cl)C1=CCC3C(=O)N(c4cccc([N+](=O)[O-])c4)C(=O)C3C1C2. The van der Waals surface area contributed by atoms with E-state index in [2.05, 4.69) is 15.9 Å². The fourth-order valence-electron chi connectivity index (χ4n) is 6.31. The highest BCUT2D eigenvalue weighted by molar-refractivity contribution is 9.12. The number of allylic oxidation sites excluding steroid dienone is 6. The van der Waals surface area contributed by atoms with Gasteiger partial charge in [-0.15, -0.1) is 0 Å². The van der Waals surface area contributed by atoms with E-state index in [9.17, 15) is 34.4 Å². The first-order valence-electron chi connectivity index (χ1n) is 12.1. The molecule has 2 amide bonds. The van der Waals surface area contributed by atoms with E-state index in [0.717, 1.165) is 4.90 Å². The predicted octanol–water partition coefficient (Wildman–Crippen LogP) is 4.92. The van der Waals surface area contributed by atoms with E-state index in [1.807, 2.05) is 6.08 Å². The van der Waals surface area contributed by atoms with Gasteiger partial charge in [0.2, 0.25) is 11.8 Å². The second-order valence-corrected chi connectivity index (χ2v) is 11.1. The zero-order chi connectivity index (χ0) is 27.7. The van der Waals surface area contributed by atoms with Gasteiger partial charge in [-0.25, -0.2) is 4.90 Å². The number of phenolic OH excluding ortho intramolecular Hbond substituents is 1. The molecule has 4 aliphatic rings. The number of imide groups is 1. The van der Waals surface area contributed by atoms with Gasteiger partial charge >= 0.3 is 0 Å². The van der Waals surface area contributed by atoms with Crippen molar-refractivity contribution in [2.75, 3.05) is 4.90 Å². The predicted molar refractivity (Wildman–Crippen MR) is 143 cm³/mol. The van der Waals surface area contributed by atoms with Crippen LogP contribution in [0.15, 0.2) is 75.8 Å². The maximum atomic E-state index is 13.9. The van der Waals surface area contributed by atoms with Gasteiger partial charge in [0.25, 0.3) is 5.69 Å². The summed E-state index contributed by atoms with van der Waals surface area (Å²) >= 11 is 9.71. The molecule has 196 valence electrons. The number of phenols is 1. The Balaban J connectivity index is 1.48. The molecule has 3 aliphatic carbocycles. The number of non-ortho nitro benzene ring substituents is 1. The van der Waals surface area contributed by atoms with Crippen molar-refractivity contribution in [3.05, 3.63) is 96.5 Å². The number of rotatable bonds is 3. The number of nitro groups is 1. The number of benzene rings is 2. The van der Waals surface area contributed by atoms with Crippen LogP contribution in [0.2, 0.25) is 5.02 Å². The number of anilines is 1. The molecule has 11 heteroatoms. The lowest BCUT2D eigenvalue weighted by atomic mass is 9.59. The number of fused-ring (bicyclic) bond motifs is 3. The number of hydrogen-bond donors (Lipinski definition) is 1. The molecule has 1 aliphatic heterocycles. The lowest BCUT2D eigenvalue weighted by Crippen LogP contribution is -2.39. The summed E-state index contributed by atoms with van der Waals surface area (Å²) in [7, 11) is 0. The summed E-state index contributed by atoms with van der Waals surface area (Å²) in [5, 5.41) is 21.4. The Morgan fingerprint density at radius 1 is 1.05 bits per heavy atom. The van der Waals surface area contributed by atoms with Crippen LogP contribution in [-0.2, 0) is 19.2 Å². The Morgan fingerprint density at radius 2 is 1.82 bits per heavy atom. The Labute approximate surface area is 234 Å². The zero-order valence-corrected chi connectivity index (χ0v) is 22.3. The number of nitro benzene ring substituents is 1. The molecule has 2 aromatic rings. The minimum Gasteiger partial charge on any atom is -0.508 e. The van der Waals surface area contributed by atoms with E-state index in [4.69, 9.17) is 11.6 Å². The van der Waals surface area contributed by atoms with Crippen LogP contribution in [0.3, 0.4) is 0 Å². The van der Waals surface area contributed by atoms with Crippen LogP contribution in [0.25, 0.3) is 0 Å². The second kappa shape index (κ2) is 9.10. The smallest absolute Gasteiger partial charge is 0.271 e. The highest BCUT2D eigenvalue weighted by Gasteiger charge is 2.57. The molecule has 2 aromatic carbocycles. The van der Waals surface area contributed by atoms with Crippen LogP contribution in [0.4, 0.5) is 11.4 Å². The Bertz CT molecular complexity index is 1640. The summed E-state index contributed by atoms with van der Waals surface area (Å²) in [5.74, 6) is -4.69. The number of nitrogens with zero attached hydrogens (tertiary/aromatic N) is 2. The molecule has 6 rings (SSSR count). The van der Waals surface area contributed by atoms with Gasteiger partial charge in [-0.05, 0) is 58.5 Å². The van der Waals surface area contributed by atoms with Crippen molar-refractivity contribution in [1.82, 2.24) is 0 Å². The molecule has 0 aromatic heterocycles. The summed E-state index contributed by atoms with van der Waals surface area (Å²) < 4.78 is 0.105. The summed E-state index contributed by atoms with van der Waals surface area (Å²) in [6.45, 7) is 0. The van der Waals surface area contributed by atoms with Crippen molar-refractivity contribution in [2.24, 2.45) is 17.8 Å². The van der Waals surface area contributed by atoms with Gasteiger partial charge in [-0.2, -0.15) is 0 Å². The standard InChI is InChI=1S/C28H18BrClN2O7/c29-20-11-22(34)25-19(26(20)35)10-18-15(23(25)16-5-4-14(33)9-21(16)30)6-7-17-24(18)28(37)31(27(17)36)12-2-1-3-13(8-12)32(38)39/h1-6,8-9,11,17-18,23-24,33H,7,10H2. The molecule has 4 unspecified atom stereocenters. The number of ketones is 2. The number of halogens is 2. The maximum absolute atomic E-state index is 13.9. The summed E-state index contributed by atoms with van der Waals surface area (Å²) in [4.78, 5) is 65.6. The van der Waals surface area contributed by atoms with Crippen LogP contribution < -0.4 is 4.90 Å². The molecule has 0 spiro atoms. The van der Waals surface area contributed by atoms with Crippen molar-refractivity contribution >= 4 is 62.3 Å². The fraction of sp³-hybridized carbons (Fsp3) is 0.214. The van der Waals surface area contributed by atoms with Gasteiger partial charge in [-0.1, -0.05) is 35.4 Å². The monoisotopic (exact) mass is 608 g/mol. The molecule has 0 bridgehead atoms. The summed E-state index contributed by atoms with van der Waals surface area (Å²) in [6.07, 6.45) is 3.35. The van der Waals surface area contributed by atoms with Crippen LogP contribution in [0.1, 0.15) is 24.3 Å². The molecule has 1 fully saturated rings. The van der Waals surface area contributed by atoms with Gasteiger partial charge in [0, 0.05) is 40.3 Å². The van der Waals surface area contributed by atoms with Gasteiger partial charge < -0.3 is 5.11 Å². The van der Waals surface area contributed by atoms with E-state index in [-0.39, 0.29) is 62.2 Å². The lowest BCUT2D eigenvalue weighted by Gasteiger charge is -2.42. The Hall–Kier alpha value is -3.89. The minimum atomic E-state index is -0.836.